The predicted molar refractivity (Wildman–Crippen MR) is 66.3 cm³/mol. The number of rotatable bonds is 2. The molecule has 0 aliphatic carbocycles. The standard InChI is InChI=1S/C12H11N3O3/c1-7(16)13-10-11(17)9(14-15-12(10)18)8-5-3-2-4-6-8/h2-6H,1H3,(H,13,14,16)(H2,15,17,18). The molecule has 0 saturated carbocycles. The molecule has 0 unspecified atom stereocenters. The van der Waals surface area contributed by atoms with Gasteiger partial charge in [-0.3, -0.25) is 9.59 Å². The summed E-state index contributed by atoms with van der Waals surface area (Å²) in [5.74, 6) is -0.791. The van der Waals surface area contributed by atoms with Crippen molar-refractivity contribution in [1.82, 2.24) is 10.2 Å². The molecule has 2 rings (SSSR count). The van der Waals surface area contributed by atoms with E-state index in [0.29, 0.717) is 5.56 Å². The molecule has 18 heavy (non-hydrogen) atoms. The molecule has 2 aromatic rings. The molecule has 92 valence electrons. The van der Waals surface area contributed by atoms with E-state index >= 15 is 0 Å². The van der Waals surface area contributed by atoms with E-state index in [0.717, 1.165) is 0 Å². The van der Waals surface area contributed by atoms with Crippen LogP contribution < -0.4 is 10.9 Å². The first-order valence-electron chi connectivity index (χ1n) is 5.24. The maximum absolute atomic E-state index is 11.5. The first kappa shape index (κ1) is 11.8. The molecule has 1 aromatic carbocycles. The van der Waals surface area contributed by atoms with E-state index in [2.05, 4.69) is 15.5 Å². The van der Waals surface area contributed by atoms with Crippen LogP contribution in [-0.2, 0) is 4.79 Å². The number of H-pyrrole nitrogens is 1. The minimum Gasteiger partial charge on any atom is -0.504 e. The maximum Gasteiger partial charge on any atom is 0.291 e. The molecular weight excluding hydrogens is 234 g/mol. The van der Waals surface area contributed by atoms with Crippen molar-refractivity contribution in [2.75, 3.05) is 5.32 Å². The van der Waals surface area contributed by atoms with Gasteiger partial charge in [-0.05, 0) is 0 Å². The smallest absolute Gasteiger partial charge is 0.291 e. The molecule has 0 atom stereocenters. The van der Waals surface area contributed by atoms with Gasteiger partial charge in [-0.2, -0.15) is 5.10 Å². The van der Waals surface area contributed by atoms with Crippen LogP contribution in [0.4, 0.5) is 5.69 Å². The highest BCUT2D eigenvalue weighted by atomic mass is 16.3. The molecule has 6 nitrogen and oxygen atoms in total. The lowest BCUT2D eigenvalue weighted by molar-refractivity contribution is -0.114. The molecule has 6 heteroatoms. The van der Waals surface area contributed by atoms with E-state index in [-0.39, 0.29) is 17.1 Å². The largest absolute Gasteiger partial charge is 0.504 e. The zero-order valence-corrected chi connectivity index (χ0v) is 9.60. The lowest BCUT2D eigenvalue weighted by atomic mass is 10.1. The molecule has 0 fully saturated rings. The van der Waals surface area contributed by atoms with Gasteiger partial charge < -0.3 is 10.4 Å². The van der Waals surface area contributed by atoms with Gasteiger partial charge in [-0.15, -0.1) is 0 Å². The monoisotopic (exact) mass is 245 g/mol. The van der Waals surface area contributed by atoms with Crippen LogP contribution in [-0.4, -0.2) is 21.2 Å². The molecule has 0 spiro atoms. The Morgan fingerprint density at radius 1 is 1.33 bits per heavy atom. The predicted octanol–water partition coefficient (Wildman–Crippen LogP) is 1.10. The summed E-state index contributed by atoms with van der Waals surface area (Å²) in [5, 5.41) is 18.3. The number of anilines is 1. The third-order valence-electron chi connectivity index (χ3n) is 2.31. The maximum atomic E-state index is 11.5. The molecular formula is C12H11N3O3. The highest BCUT2D eigenvalue weighted by Crippen LogP contribution is 2.30. The van der Waals surface area contributed by atoms with Gasteiger partial charge in [0.15, 0.2) is 11.4 Å². The number of hydrogen-bond acceptors (Lipinski definition) is 4. The van der Waals surface area contributed by atoms with Gasteiger partial charge in [0.25, 0.3) is 5.56 Å². The Kier molecular flexibility index (Phi) is 3.09. The lowest BCUT2D eigenvalue weighted by Gasteiger charge is -2.07. The number of aromatic nitrogens is 2. The van der Waals surface area contributed by atoms with Crippen LogP contribution in [0.2, 0.25) is 0 Å². The van der Waals surface area contributed by atoms with Crippen LogP contribution in [0.15, 0.2) is 35.1 Å². The normalized spacial score (nSPS) is 10.1. The summed E-state index contributed by atoms with van der Waals surface area (Å²) in [7, 11) is 0. The molecule has 1 heterocycles. The Bertz CT molecular complexity index is 635. The number of benzene rings is 1. The fourth-order valence-electron chi connectivity index (χ4n) is 1.53. The summed E-state index contributed by atoms with van der Waals surface area (Å²) in [6.45, 7) is 1.25. The second-order valence-electron chi connectivity index (χ2n) is 3.67. The molecule has 3 N–H and O–H groups in total. The van der Waals surface area contributed by atoms with Crippen LogP contribution in [0.3, 0.4) is 0 Å². The zero-order valence-electron chi connectivity index (χ0n) is 9.60. The first-order chi connectivity index (χ1) is 8.59. The lowest BCUT2D eigenvalue weighted by Crippen LogP contribution is -2.19. The van der Waals surface area contributed by atoms with E-state index in [4.69, 9.17) is 0 Å². The van der Waals surface area contributed by atoms with E-state index < -0.39 is 11.5 Å². The third-order valence-corrected chi connectivity index (χ3v) is 2.31. The summed E-state index contributed by atoms with van der Waals surface area (Å²) in [6, 6.07) is 8.84. The van der Waals surface area contributed by atoms with Crippen LogP contribution in [0.5, 0.6) is 5.75 Å². The summed E-state index contributed by atoms with van der Waals surface area (Å²) in [6.07, 6.45) is 0. The van der Waals surface area contributed by atoms with Crippen LogP contribution in [0.25, 0.3) is 11.3 Å². The van der Waals surface area contributed by atoms with E-state index in [1.807, 2.05) is 6.07 Å². The van der Waals surface area contributed by atoms with E-state index in [9.17, 15) is 14.7 Å². The average molecular weight is 245 g/mol. The Hall–Kier alpha value is -2.63. The van der Waals surface area contributed by atoms with Crippen molar-refractivity contribution in [2.45, 2.75) is 6.92 Å². The van der Waals surface area contributed by atoms with Gasteiger partial charge in [0.2, 0.25) is 5.91 Å². The number of nitrogens with zero attached hydrogens (tertiary/aromatic N) is 1. The van der Waals surface area contributed by atoms with Crippen molar-refractivity contribution >= 4 is 11.6 Å². The highest BCUT2D eigenvalue weighted by molar-refractivity contribution is 5.91. The zero-order chi connectivity index (χ0) is 13.1. The highest BCUT2D eigenvalue weighted by Gasteiger charge is 2.15. The number of amides is 1. The molecule has 0 bridgehead atoms. The van der Waals surface area contributed by atoms with E-state index in [1.165, 1.54) is 6.92 Å². The summed E-state index contributed by atoms with van der Waals surface area (Å²) < 4.78 is 0. The molecule has 1 aromatic heterocycles. The van der Waals surface area contributed by atoms with Gasteiger partial charge in [0, 0.05) is 12.5 Å². The van der Waals surface area contributed by atoms with Crippen molar-refractivity contribution in [3.63, 3.8) is 0 Å². The molecule has 0 aliphatic rings. The number of hydrogen-bond donors (Lipinski definition) is 3. The minimum atomic E-state index is -0.651. The average Bonchev–Trinajstić information content (AvgIpc) is 2.35. The fraction of sp³-hybridized carbons (Fsp3) is 0.0833. The quantitative estimate of drug-likeness (QED) is 0.738. The Morgan fingerprint density at radius 3 is 2.61 bits per heavy atom. The van der Waals surface area contributed by atoms with Crippen molar-refractivity contribution in [1.29, 1.82) is 0 Å². The fourth-order valence-corrected chi connectivity index (χ4v) is 1.53. The topological polar surface area (TPSA) is 95.1 Å². The number of aromatic hydroxyl groups is 1. The van der Waals surface area contributed by atoms with Gasteiger partial charge in [-0.25, -0.2) is 5.10 Å². The summed E-state index contributed by atoms with van der Waals surface area (Å²) >= 11 is 0. The SMILES string of the molecule is CC(=O)Nc1c(O)c(-c2ccccc2)n[nH]c1=O. The van der Waals surface area contributed by atoms with Crippen molar-refractivity contribution in [3.05, 3.63) is 40.7 Å². The number of carbonyl (C=O) groups is 1. The Morgan fingerprint density at radius 2 is 2.00 bits per heavy atom. The first-order valence-corrected chi connectivity index (χ1v) is 5.24. The van der Waals surface area contributed by atoms with Gasteiger partial charge in [0.05, 0.1) is 0 Å². The van der Waals surface area contributed by atoms with Gasteiger partial charge in [0.1, 0.15) is 5.69 Å². The second kappa shape index (κ2) is 4.70. The van der Waals surface area contributed by atoms with Crippen molar-refractivity contribution < 1.29 is 9.90 Å². The molecule has 0 radical (unpaired) electrons. The Balaban J connectivity index is 2.58. The van der Waals surface area contributed by atoms with Crippen LogP contribution in [0, 0.1) is 0 Å². The molecule has 1 amide bonds. The van der Waals surface area contributed by atoms with Crippen LogP contribution >= 0.6 is 0 Å². The molecule has 0 saturated heterocycles. The van der Waals surface area contributed by atoms with E-state index in [1.54, 1.807) is 24.3 Å². The second-order valence-corrected chi connectivity index (χ2v) is 3.67. The summed E-state index contributed by atoms with van der Waals surface area (Å²) in [4.78, 5) is 22.4. The number of aromatic amines is 1. The van der Waals surface area contributed by atoms with Crippen molar-refractivity contribution in [2.24, 2.45) is 0 Å². The van der Waals surface area contributed by atoms with Gasteiger partial charge >= 0.3 is 0 Å². The van der Waals surface area contributed by atoms with Crippen LogP contribution in [0.1, 0.15) is 6.92 Å². The number of nitrogens with one attached hydrogen (secondary N) is 2. The molecule has 0 aliphatic heterocycles. The van der Waals surface area contributed by atoms with Crippen molar-refractivity contribution in [3.8, 4) is 17.0 Å². The summed E-state index contributed by atoms with van der Waals surface area (Å²) in [5.41, 5.74) is -0.00413. The Labute approximate surface area is 102 Å². The third kappa shape index (κ3) is 2.22. The minimum absolute atomic E-state index is 0.198. The van der Waals surface area contributed by atoms with Gasteiger partial charge in [-0.1, -0.05) is 30.3 Å². The number of carbonyl (C=O) groups excluding carboxylic acids is 1.